The molecule has 0 spiro atoms. The van der Waals surface area contributed by atoms with Crippen molar-refractivity contribution in [2.24, 2.45) is 0 Å². The molecule has 5 nitrogen and oxygen atoms in total. The summed E-state index contributed by atoms with van der Waals surface area (Å²) in [5, 5.41) is 1.74. The maximum Gasteiger partial charge on any atom is 0.248 e. The van der Waals surface area contributed by atoms with Crippen LogP contribution < -0.4 is 10.3 Å². The Balaban J connectivity index is 1.94. The van der Waals surface area contributed by atoms with Gasteiger partial charge < -0.3 is 9.72 Å². The molecule has 0 saturated carbocycles. The van der Waals surface area contributed by atoms with Crippen molar-refractivity contribution in [1.82, 2.24) is 15.0 Å². The van der Waals surface area contributed by atoms with E-state index in [-0.39, 0.29) is 5.56 Å². The number of nitrogens with zero attached hydrogens (tertiary/aromatic N) is 2. The Kier molecular flexibility index (Phi) is 2.90. The lowest BCUT2D eigenvalue weighted by Crippen LogP contribution is -2.02. The third-order valence-electron chi connectivity index (χ3n) is 3.46. The highest BCUT2D eigenvalue weighted by Gasteiger charge is 2.11. The molecule has 1 aromatic carbocycles. The first kappa shape index (κ1) is 13.0. The summed E-state index contributed by atoms with van der Waals surface area (Å²) in [6.45, 7) is 0. The third-order valence-corrected chi connectivity index (χ3v) is 4.47. The van der Waals surface area contributed by atoms with Crippen LogP contribution in [-0.2, 0) is 0 Å². The highest BCUT2D eigenvalue weighted by molar-refractivity contribution is 7.21. The van der Waals surface area contributed by atoms with E-state index in [0.29, 0.717) is 0 Å². The van der Waals surface area contributed by atoms with Crippen LogP contribution in [0.3, 0.4) is 0 Å². The lowest BCUT2D eigenvalue weighted by Gasteiger charge is -1.99. The Morgan fingerprint density at radius 2 is 1.95 bits per heavy atom. The van der Waals surface area contributed by atoms with Crippen LogP contribution in [0.2, 0.25) is 0 Å². The molecule has 108 valence electrons. The van der Waals surface area contributed by atoms with Gasteiger partial charge in [0.05, 0.1) is 12.6 Å². The van der Waals surface area contributed by atoms with Crippen molar-refractivity contribution < 1.29 is 4.74 Å². The first-order valence-corrected chi connectivity index (χ1v) is 7.49. The van der Waals surface area contributed by atoms with Gasteiger partial charge in [-0.25, -0.2) is 9.97 Å². The van der Waals surface area contributed by atoms with Crippen molar-refractivity contribution in [3.05, 3.63) is 52.9 Å². The Morgan fingerprint density at radius 3 is 2.73 bits per heavy atom. The maximum atomic E-state index is 11.6. The van der Waals surface area contributed by atoms with E-state index >= 15 is 0 Å². The van der Waals surface area contributed by atoms with Crippen LogP contribution in [0.1, 0.15) is 0 Å². The monoisotopic (exact) mass is 309 g/mol. The van der Waals surface area contributed by atoms with E-state index in [0.717, 1.165) is 37.6 Å². The van der Waals surface area contributed by atoms with Gasteiger partial charge in [-0.1, -0.05) is 11.3 Å². The van der Waals surface area contributed by atoms with E-state index in [1.165, 1.54) is 17.4 Å². The van der Waals surface area contributed by atoms with Crippen LogP contribution in [-0.4, -0.2) is 22.1 Å². The van der Waals surface area contributed by atoms with E-state index in [4.69, 9.17) is 4.74 Å². The molecule has 0 fully saturated rings. The molecule has 4 aromatic rings. The number of aromatic nitrogens is 3. The molecule has 1 N–H and O–H groups in total. The first-order valence-electron chi connectivity index (χ1n) is 6.67. The summed E-state index contributed by atoms with van der Waals surface area (Å²) in [4.78, 5) is 24.3. The maximum absolute atomic E-state index is 11.6. The van der Waals surface area contributed by atoms with Gasteiger partial charge in [0.25, 0.3) is 0 Å². The first-order chi connectivity index (χ1) is 10.7. The summed E-state index contributed by atoms with van der Waals surface area (Å²) in [6, 6.07) is 11.0. The lowest BCUT2D eigenvalue weighted by atomic mass is 10.2. The van der Waals surface area contributed by atoms with Crippen molar-refractivity contribution in [3.63, 3.8) is 0 Å². The molecular weight excluding hydrogens is 298 g/mol. The Morgan fingerprint density at radius 1 is 1.14 bits per heavy atom. The van der Waals surface area contributed by atoms with Gasteiger partial charge in [-0.3, -0.25) is 4.79 Å². The number of benzene rings is 1. The molecule has 3 heterocycles. The molecule has 6 heteroatoms. The molecule has 0 aliphatic rings. The number of fused-ring (bicyclic) bond motifs is 3. The standard InChI is InChI=1S/C16H11N3O2S/c1-21-11-5-2-9(3-6-11)15-19-14-13-10(4-7-12(20)18-13)8-17-16(14)22-15/h2-8H,1H3,(H,18,20). The summed E-state index contributed by atoms with van der Waals surface area (Å²) in [6.07, 6.45) is 1.75. The summed E-state index contributed by atoms with van der Waals surface area (Å²) in [5.74, 6) is 0.803. The quantitative estimate of drug-likeness (QED) is 0.617. The summed E-state index contributed by atoms with van der Waals surface area (Å²) < 4.78 is 5.17. The zero-order valence-electron chi connectivity index (χ0n) is 11.7. The number of H-pyrrole nitrogens is 1. The molecule has 0 aliphatic heterocycles. The summed E-state index contributed by atoms with van der Waals surface area (Å²) in [7, 11) is 1.64. The van der Waals surface area contributed by atoms with E-state index in [1.54, 1.807) is 19.4 Å². The number of hydrogen-bond donors (Lipinski definition) is 1. The molecule has 22 heavy (non-hydrogen) atoms. The minimum absolute atomic E-state index is 0.140. The largest absolute Gasteiger partial charge is 0.497 e. The fourth-order valence-electron chi connectivity index (χ4n) is 2.34. The van der Waals surface area contributed by atoms with Crippen LogP contribution in [0, 0.1) is 0 Å². The molecule has 0 atom stereocenters. The Hall–Kier alpha value is -2.73. The predicted molar refractivity (Wildman–Crippen MR) is 87.5 cm³/mol. The molecule has 4 rings (SSSR count). The van der Waals surface area contributed by atoms with Crippen molar-refractivity contribution >= 4 is 32.6 Å². The van der Waals surface area contributed by atoms with Gasteiger partial charge in [0.2, 0.25) is 5.56 Å². The van der Waals surface area contributed by atoms with Crippen LogP contribution in [0.25, 0.3) is 31.8 Å². The number of ether oxygens (including phenoxy) is 1. The average molecular weight is 309 g/mol. The fraction of sp³-hybridized carbons (Fsp3) is 0.0625. The number of rotatable bonds is 2. The second kappa shape index (κ2) is 4.92. The minimum atomic E-state index is -0.140. The number of thiazole rings is 1. The number of methoxy groups -OCH3 is 1. The van der Waals surface area contributed by atoms with Crippen molar-refractivity contribution in [2.75, 3.05) is 7.11 Å². The predicted octanol–water partition coefficient (Wildman–Crippen LogP) is 3.21. The van der Waals surface area contributed by atoms with Crippen molar-refractivity contribution in [2.45, 2.75) is 0 Å². The van der Waals surface area contributed by atoms with Gasteiger partial charge >= 0.3 is 0 Å². The van der Waals surface area contributed by atoms with Gasteiger partial charge in [0.15, 0.2) is 0 Å². The Labute approximate surface area is 129 Å². The van der Waals surface area contributed by atoms with Gasteiger partial charge in [-0.2, -0.15) is 0 Å². The highest BCUT2D eigenvalue weighted by atomic mass is 32.1. The van der Waals surface area contributed by atoms with E-state index in [1.807, 2.05) is 24.3 Å². The van der Waals surface area contributed by atoms with E-state index in [2.05, 4.69) is 15.0 Å². The summed E-state index contributed by atoms with van der Waals surface area (Å²) in [5.41, 5.74) is 2.31. The Bertz CT molecular complexity index is 1030. The molecule has 0 radical (unpaired) electrons. The second-order valence-corrected chi connectivity index (χ2v) is 5.79. The lowest BCUT2D eigenvalue weighted by molar-refractivity contribution is 0.415. The second-order valence-electron chi connectivity index (χ2n) is 4.81. The van der Waals surface area contributed by atoms with E-state index in [9.17, 15) is 4.79 Å². The SMILES string of the molecule is COc1ccc(-c2nc3c(ncc4ccc(=O)[nH]c43)s2)cc1. The van der Waals surface area contributed by atoms with Crippen LogP contribution >= 0.6 is 11.3 Å². The number of hydrogen-bond acceptors (Lipinski definition) is 5. The number of aromatic amines is 1. The normalized spacial score (nSPS) is 11.1. The van der Waals surface area contributed by atoms with Crippen LogP contribution in [0.4, 0.5) is 0 Å². The third kappa shape index (κ3) is 2.05. The average Bonchev–Trinajstić information content (AvgIpc) is 2.99. The zero-order chi connectivity index (χ0) is 15.1. The molecule has 0 aliphatic carbocycles. The summed E-state index contributed by atoms with van der Waals surface area (Å²) >= 11 is 1.50. The number of nitrogens with one attached hydrogen (secondary N) is 1. The zero-order valence-corrected chi connectivity index (χ0v) is 12.5. The van der Waals surface area contributed by atoms with Crippen molar-refractivity contribution in [1.29, 1.82) is 0 Å². The van der Waals surface area contributed by atoms with Crippen LogP contribution in [0.5, 0.6) is 5.75 Å². The molecule has 0 amide bonds. The molecule has 0 bridgehead atoms. The van der Waals surface area contributed by atoms with Gasteiger partial charge in [-0.15, -0.1) is 0 Å². The molecule has 0 saturated heterocycles. The van der Waals surface area contributed by atoms with Gasteiger partial charge in [0, 0.05) is 23.2 Å². The van der Waals surface area contributed by atoms with Crippen LogP contribution in [0.15, 0.2) is 47.4 Å². The van der Waals surface area contributed by atoms with Gasteiger partial charge in [0.1, 0.15) is 21.1 Å². The molecule has 0 unspecified atom stereocenters. The molecular formula is C16H11N3O2S. The minimum Gasteiger partial charge on any atom is -0.497 e. The van der Waals surface area contributed by atoms with Crippen molar-refractivity contribution in [3.8, 4) is 16.3 Å². The van der Waals surface area contributed by atoms with Gasteiger partial charge in [-0.05, 0) is 30.3 Å². The fourth-order valence-corrected chi connectivity index (χ4v) is 3.26. The van der Waals surface area contributed by atoms with E-state index < -0.39 is 0 Å². The topological polar surface area (TPSA) is 67.9 Å². The molecule has 3 aromatic heterocycles. The smallest absolute Gasteiger partial charge is 0.248 e. The highest BCUT2D eigenvalue weighted by Crippen LogP contribution is 2.32. The number of pyridine rings is 2.